The van der Waals surface area contributed by atoms with E-state index in [1.165, 1.54) is 4.90 Å². The van der Waals surface area contributed by atoms with Crippen LogP contribution in [0.15, 0.2) is 60.7 Å². The molecule has 0 unspecified atom stereocenters. The first kappa shape index (κ1) is 14.8. The molecule has 6 heteroatoms. The van der Waals surface area contributed by atoms with Crippen molar-refractivity contribution in [2.24, 2.45) is 0 Å². The lowest BCUT2D eigenvalue weighted by atomic mass is 10.2. The summed E-state index contributed by atoms with van der Waals surface area (Å²) in [7, 11) is 0. The van der Waals surface area contributed by atoms with Gasteiger partial charge in [0.2, 0.25) is 0 Å². The molecule has 4 rings (SSSR count). The number of nitrogens with one attached hydrogen (secondary N) is 1. The second kappa shape index (κ2) is 6.41. The topological polar surface area (TPSA) is 58.2 Å². The predicted octanol–water partition coefficient (Wildman–Crippen LogP) is 4.49. The number of thioether (sulfide) groups is 1. The molecule has 0 fully saturated rings. The van der Waals surface area contributed by atoms with Crippen molar-refractivity contribution in [3.63, 3.8) is 0 Å². The van der Waals surface area contributed by atoms with E-state index < -0.39 is 6.09 Å². The Hall–Kier alpha value is -2.73. The first-order chi connectivity index (χ1) is 11.8. The van der Waals surface area contributed by atoms with E-state index >= 15 is 0 Å². The maximum Gasteiger partial charge on any atom is 0.425 e. The Kier molecular flexibility index (Phi) is 3.96. The molecular weight excluding hydrogens is 322 g/mol. The van der Waals surface area contributed by atoms with Gasteiger partial charge in [0.15, 0.2) is 5.82 Å². The summed E-state index contributed by atoms with van der Waals surface area (Å²) in [5.41, 5.74) is 2.86. The molecule has 0 aliphatic carbocycles. The highest BCUT2D eigenvalue weighted by Gasteiger charge is 2.29. The number of anilines is 2. The van der Waals surface area contributed by atoms with Crippen LogP contribution in [-0.4, -0.2) is 16.3 Å². The molecule has 1 N–H and O–H groups in total. The summed E-state index contributed by atoms with van der Waals surface area (Å²) in [5, 5.41) is 7.40. The van der Waals surface area contributed by atoms with Crippen LogP contribution < -0.4 is 9.64 Å². The molecule has 0 saturated carbocycles. The number of hydrogen-bond donors (Lipinski definition) is 1. The minimum atomic E-state index is -0.474. The van der Waals surface area contributed by atoms with Gasteiger partial charge in [-0.3, -0.25) is 5.10 Å². The number of benzene rings is 2. The van der Waals surface area contributed by atoms with E-state index in [0.717, 1.165) is 28.5 Å². The second-order valence-corrected chi connectivity index (χ2v) is 6.33. The molecule has 1 aliphatic rings. The number of fused-ring (bicyclic) bond motifs is 1. The van der Waals surface area contributed by atoms with Crippen molar-refractivity contribution in [3.05, 3.63) is 71.9 Å². The standard InChI is InChI=1S/C18H15N3O2S/c22-18(23-14-9-5-2-6-10-14)21(13-7-3-1-4-8-13)17-15-11-24-12-16(15)19-20-17/h1-10H,11-12H2,(H,19,20). The maximum absolute atomic E-state index is 12.9. The van der Waals surface area contributed by atoms with Crippen LogP contribution in [0.25, 0.3) is 0 Å². The Morgan fingerprint density at radius 2 is 1.75 bits per heavy atom. The zero-order chi connectivity index (χ0) is 16.4. The van der Waals surface area contributed by atoms with Gasteiger partial charge in [-0.05, 0) is 24.3 Å². The highest BCUT2D eigenvalue weighted by atomic mass is 32.2. The summed E-state index contributed by atoms with van der Waals surface area (Å²) in [6.45, 7) is 0. The van der Waals surface area contributed by atoms with Crippen LogP contribution in [0.5, 0.6) is 5.75 Å². The molecule has 1 amide bonds. The van der Waals surface area contributed by atoms with E-state index in [1.54, 1.807) is 23.9 Å². The number of carbonyl (C=O) groups excluding carboxylic acids is 1. The van der Waals surface area contributed by atoms with Gasteiger partial charge in [0, 0.05) is 17.1 Å². The number of aromatic nitrogens is 2. The third-order valence-electron chi connectivity index (χ3n) is 3.78. The van der Waals surface area contributed by atoms with Crippen LogP contribution in [0, 0.1) is 0 Å². The van der Waals surface area contributed by atoms with Gasteiger partial charge in [-0.1, -0.05) is 36.4 Å². The number of rotatable bonds is 3. The lowest BCUT2D eigenvalue weighted by Crippen LogP contribution is -2.30. The number of ether oxygens (including phenoxy) is 1. The van der Waals surface area contributed by atoms with Crippen molar-refractivity contribution in [1.29, 1.82) is 0 Å². The molecule has 0 spiro atoms. The third-order valence-corrected chi connectivity index (χ3v) is 4.77. The Balaban J connectivity index is 1.72. The smallest absolute Gasteiger partial charge is 0.410 e. The summed E-state index contributed by atoms with van der Waals surface area (Å²) < 4.78 is 5.54. The quantitative estimate of drug-likeness (QED) is 0.765. The van der Waals surface area contributed by atoms with Crippen LogP contribution in [0.1, 0.15) is 11.3 Å². The van der Waals surface area contributed by atoms with E-state index in [9.17, 15) is 4.79 Å². The number of H-pyrrole nitrogens is 1. The normalized spacial score (nSPS) is 12.7. The van der Waals surface area contributed by atoms with Crippen molar-refractivity contribution in [3.8, 4) is 5.75 Å². The van der Waals surface area contributed by atoms with Crippen LogP contribution in [0.2, 0.25) is 0 Å². The molecule has 0 radical (unpaired) electrons. The summed E-state index contributed by atoms with van der Waals surface area (Å²) in [4.78, 5) is 14.4. The number of carbonyl (C=O) groups is 1. The highest BCUT2D eigenvalue weighted by molar-refractivity contribution is 7.98. The molecule has 2 heterocycles. The number of aromatic amines is 1. The number of hydrogen-bond acceptors (Lipinski definition) is 4. The van der Waals surface area contributed by atoms with Crippen LogP contribution in [0.3, 0.4) is 0 Å². The molecule has 5 nitrogen and oxygen atoms in total. The van der Waals surface area contributed by atoms with Gasteiger partial charge in [0.25, 0.3) is 0 Å². The Labute approximate surface area is 143 Å². The fourth-order valence-corrected chi connectivity index (χ4v) is 3.68. The SMILES string of the molecule is O=C(Oc1ccccc1)N(c1ccccc1)c1n[nH]c2c1CSC2. The van der Waals surface area contributed by atoms with Gasteiger partial charge in [0.05, 0.1) is 11.4 Å². The van der Waals surface area contributed by atoms with E-state index in [0.29, 0.717) is 11.6 Å². The van der Waals surface area contributed by atoms with Crippen molar-refractivity contribution < 1.29 is 9.53 Å². The molecule has 120 valence electrons. The van der Waals surface area contributed by atoms with Crippen LogP contribution in [0.4, 0.5) is 16.3 Å². The van der Waals surface area contributed by atoms with Crippen molar-refractivity contribution >= 4 is 29.4 Å². The van der Waals surface area contributed by atoms with Gasteiger partial charge in [0.1, 0.15) is 5.75 Å². The summed E-state index contributed by atoms with van der Waals surface area (Å²) in [6, 6.07) is 18.5. The van der Waals surface area contributed by atoms with Gasteiger partial charge in [-0.25, -0.2) is 9.69 Å². The summed E-state index contributed by atoms with van der Waals surface area (Å²) in [5.74, 6) is 2.84. The summed E-state index contributed by atoms with van der Waals surface area (Å²) >= 11 is 1.80. The number of amides is 1. The zero-order valence-corrected chi connectivity index (χ0v) is 13.6. The largest absolute Gasteiger partial charge is 0.425 e. The zero-order valence-electron chi connectivity index (χ0n) is 12.8. The number of nitrogens with zero attached hydrogens (tertiary/aromatic N) is 2. The molecule has 3 aromatic rings. The fourth-order valence-electron chi connectivity index (χ4n) is 2.63. The average molecular weight is 337 g/mol. The molecule has 24 heavy (non-hydrogen) atoms. The van der Waals surface area contributed by atoms with E-state index in [1.807, 2.05) is 48.5 Å². The predicted molar refractivity (Wildman–Crippen MR) is 94.6 cm³/mol. The number of para-hydroxylation sites is 2. The molecule has 0 bridgehead atoms. The van der Waals surface area contributed by atoms with E-state index in [2.05, 4.69) is 10.2 Å². The first-order valence-electron chi connectivity index (χ1n) is 7.59. The first-order valence-corrected chi connectivity index (χ1v) is 8.74. The van der Waals surface area contributed by atoms with Crippen molar-refractivity contribution in [2.45, 2.75) is 11.5 Å². The molecule has 2 aromatic carbocycles. The van der Waals surface area contributed by atoms with E-state index in [-0.39, 0.29) is 0 Å². The Morgan fingerprint density at radius 3 is 2.50 bits per heavy atom. The Morgan fingerprint density at radius 1 is 1.04 bits per heavy atom. The minimum absolute atomic E-state index is 0.474. The highest BCUT2D eigenvalue weighted by Crippen LogP contribution is 2.37. The molecule has 0 saturated heterocycles. The third kappa shape index (κ3) is 2.76. The van der Waals surface area contributed by atoms with Crippen LogP contribution >= 0.6 is 11.8 Å². The van der Waals surface area contributed by atoms with Crippen LogP contribution in [-0.2, 0) is 11.5 Å². The Bertz CT molecular complexity index is 849. The minimum Gasteiger partial charge on any atom is -0.410 e. The lowest BCUT2D eigenvalue weighted by Gasteiger charge is -2.20. The maximum atomic E-state index is 12.9. The molecule has 0 atom stereocenters. The molecule has 1 aromatic heterocycles. The summed E-state index contributed by atoms with van der Waals surface area (Å²) in [6.07, 6.45) is -0.474. The van der Waals surface area contributed by atoms with E-state index in [4.69, 9.17) is 4.74 Å². The van der Waals surface area contributed by atoms with Gasteiger partial charge in [-0.2, -0.15) is 16.9 Å². The average Bonchev–Trinajstić information content (AvgIpc) is 3.22. The second-order valence-electron chi connectivity index (χ2n) is 5.35. The lowest BCUT2D eigenvalue weighted by molar-refractivity contribution is 0.210. The van der Waals surface area contributed by atoms with Gasteiger partial charge < -0.3 is 4.74 Å². The van der Waals surface area contributed by atoms with Crippen molar-refractivity contribution in [2.75, 3.05) is 4.90 Å². The molecule has 1 aliphatic heterocycles. The monoisotopic (exact) mass is 337 g/mol. The fraction of sp³-hybridized carbons (Fsp3) is 0.111. The van der Waals surface area contributed by atoms with Gasteiger partial charge >= 0.3 is 6.09 Å². The molecular formula is C18H15N3O2S. The van der Waals surface area contributed by atoms with Crippen molar-refractivity contribution in [1.82, 2.24) is 10.2 Å². The van der Waals surface area contributed by atoms with Gasteiger partial charge in [-0.15, -0.1) is 0 Å².